The largest absolute Gasteiger partial charge is 0.325 e. The number of aromatic nitrogens is 5. The van der Waals surface area contributed by atoms with Gasteiger partial charge in [-0.05, 0) is 44.2 Å². The fourth-order valence-electron chi connectivity index (χ4n) is 4.21. The Morgan fingerprint density at radius 1 is 1.34 bits per heavy atom. The Hall–Kier alpha value is -2.72. The van der Waals surface area contributed by atoms with Crippen molar-refractivity contribution in [2.75, 3.05) is 11.1 Å². The van der Waals surface area contributed by atoms with Crippen LogP contribution in [0.3, 0.4) is 0 Å². The Labute approximate surface area is 192 Å². The third kappa shape index (κ3) is 4.04. The zero-order valence-corrected chi connectivity index (χ0v) is 19.7. The quantitative estimate of drug-likeness (QED) is 0.418. The average molecular weight is 469 g/mol. The maximum Gasteiger partial charge on any atom is 0.259 e. The smallest absolute Gasteiger partial charge is 0.259 e. The molecule has 0 atom stereocenters. The second-order valence-corrected chi connectivity index (χ2v) is 10.2. The van der Waals surface area contributed by atoms with E-state index in [0.717, 1.165) is 46.2 Å². The van der Waals surface area contributed by atoms with Gasteiger partial charge >= 0.3 is 0 Å². The summed E-state index contributed by atoms with van der Waals surface area (Å²) in [5, 5.41) is 8.97. The Kier molecular flexibility index (Phi) is 5.73. The monoisotopic (exact) mass is 468 g/mol. The Bertz CT molecular complexity index is 1390. The summed E-state index contributed by atoms with van der Waals surface area (Å²) in [5.41, 5.74) is 3.51. The van der Waals surface area contributed by atoms with Gasteiger partial charge in [0, 0.05) is 29.5 Å². The summed E-state index contributed by atoms with van der Waals surface area (Å²) in [6, 6.07) is 1.90. The topological polar surface area (TPSA) is 106 Å². The van der Waals surface area contributed by atoms with Gasteiger partial charge in [-0.3, -0.25) is 14.3 Å². The molecule has 0 radical (unpaired) electrons. The second-order valence-electron chi connectivity index (χ2n) is 8.06. The molecule has 8 nitrogen and oxygen atoms in total. The molecule has 10 heteroatoms. The van der Waals surface area contributed by atoms with Gasteiger partial charge < -0.3 is 10.3 Å². The van der Waals surface area contributed by atoms with Crippen LogP contribution >= 0.6 is 23.1 Å². The van der Waals surface area contributed by atoms with Crippen molar-refractivity contribution >= 4 is 55.9 Å². The Morgan fingerprint density at radius 3 is 3.06 bits per heavy atom. The van der Waals surface area contributed by atoms with E-state index in [2.05, 4.69) is 20.4 Å². The number of pyridine rings is 1. The van der Waals surface area contributed by atoms with E-state index in [1.807, 2.05) is 20.0 Å². The standard InChI is InChI=1S/C22H24N6O2S2/c1-12-15-9-13(10-23-20(15)28(2)27-12)24-18(29)7-8-31-11-17-25-21(30)19-14-5-3-4-6-16(14)32-22(19)26-17/h9-10H,3-8,11H2,1-2H3,(H,24,29)(H,25,26,30). The van der Waals surface area contributed by atoms with E-state index in [1.54, 1.807) is 34.0 Å². The summed E-state index contributed by atoms with van der Waals surface area (Å²) in [4.78, 5) is 39.2. The maximum atomic E-state index is 12.6. The highest BCUT2D eigenvalue weighted by atomic mass is 32.2. The van der Waals surface area contributed by atoms with Crippen molar-refractivity contribution < 1.29 is 4.79 Å². The number of carbonyl (C=O) groups is 1. The third-order valence-electron chi connectivity index (χ3n) is 5.73. The molecular formula is C22H24N6O2S2. The van der Waals surface area contributed by atoms with Gasteiger partial charge in [0.05, 0.1) is 28.7 Å². The van der Waals surface area contributed by atoms with E-state index in [0.29, 0.717) is 29.4 Å². The lowest BCUT2D eigenvalue weighted by Gasteiger charge is -2.09. The Morgan fingerprint density at radius 2 is 2.19 bits per heavy atom. The third-order valence-corrected chi connectivity index (χ3v) is 7.89. The van der Waals surface area contributed by atoms with Crippen molar-refractivity contribution in [1.82, 2.24) is 24.7 Å². The lowest BCUT2D eigenvalue weighted by atomic mass is 9.97. The molecule has 4 aromatic heterocycles. The minimum absolute atomic E-state index is 0.0312. The highest BCUT2D eigenvalue weighted by Crippen LogP contribution is 2.33. The van der Waals surface area contributed by atoms with Crippen LogP contribution in [-0.4, -0.2) is 36.4 Å². The number of aromatic amines is 1. The number of thiophene rings is 1. The number of anilines is 1. The van der Waals surface area contributed by atoms with Crippen molar-refractivity contribution in [3.05, 3.63) is 44.6 Å². The van der Waals surface area contributed by atoms with Crippen molar-refractivity contribution in [2.45, 2.75) is 44.8 Å². The molecule has 4 heterocycles. The first-order valence-corrected chi connectivity index (χ1v) is 12.7. The lowest BCUT2D eigenvalue weighted by Crippen LogP contribution is -2.14. The number of hydrogen-bond donors (Lipinski definition) is 2. The van der Waals surface area contributed by atoms with E-state index >= 15 is 0 Å². The van der Waals surface area contributed by atoms with Gasteiger partial charge in [0.1, 0.15) is 10.7 Å². The van der Waals surface area contributed by atoms with Gasteiger partial charge in [-0.15, -0.1) is 11.3 Å². The van der Waals surface area contributed by atoms with Gasteiger partial charge in [-0.2, -0.15) is 16.9 Å². The summed E-state index contributed by atoms with van der Waals surface area (Å²) in [7, 11) is 1.85. The predicted octanol–water partition coefficient (Wildman–Crippen LogP) is 3.72. The highest BCUT2D eigenvalue weighted by Gasteiger charge is 2.19. The number of aryl methyl sites for hydroxylation is 4. The first-order chi connectivity index (χ1) is 15.5. The molecule has 0 aliphatic heterocycles. The van der Waals surface area contributed by atoms with Crippen molar-refractivity contribution in [2.24, 2.45) is 7.05 Å². The number of H-pyrrole nitrogens is 1. The summed E-state index contributed by atoms with van der Waals surface area (Å²) in [5.74, 6) is 1.82. The molecule has 1 aliphatic carbocycles. The van der Waals surface area contributed by atoms with Crippen LogP contribution in [0.2, 0.25) is 0 Å². The number of nitrogens with one attached hydrogen (secondary N) is 2. The Balaban J connectivity index is 1.17. The summed E-state index contributed by atoms with van der Waals surface area (Å²) >= 11 is 3.25. The normalized spacial score (nSPS) is 13.6. The zero-order chi connectivity index (χ0) is 22.2. The van der Waals surface area contributed by atoms with Crippen molar-refractivity contribution in [3.8, 4) is 0 Å². The molecule has 0 saturated carbocycles. The lowest BCUT2D eigenvalue weighted by molar-refractivity contribution is -0.115. The van der Waals surface area contributed by atoms with E-state index in [4.69, 9.17) is 4.98 Å². The van der Waals surface area contributed by atoms with Crippen LogP contribution in [0.4, 0.5) is 5.69 Å². The second kappa shape index (κ2) is 8.67. The van der Waals surface area contributed by atoms with Crippen LogP contribution in [-0.2, 0) is 30.4 Å². The molecule has 0 fully saturated rings. The summed E-state index contributed by atoms with van der Waals surface area (Å²) < 4.78 is 1.73. The van der Waals surface area contributed by atoms with Crippen LogP contribution in [0.5, 0.6) is 0 Å². The molecule has 1 amide bonds. The van der Waals surface area contributed by atoms with Crippen molar-refractivity contribution in [1.29, 1.82) is 0 Å². The molecule has 166 valence electrons. The molecule has 0 saturated heterocycles. The molecule has 0 unspecified atom stereocenters. The van der Waals surface area contributed by atoms with Crippen LogP contribution in [0.1, 0.15) is 41.2 Å². The zero-order valence-electron chi connectivity index (χ0n) is 18.0. The first-order valence-electron chi connectivity index (χ1n) is 10.7. The summed E-state index contributed by atoms with van der Waals surface area (Å²) in [6.07, 6.45) is 6.38. The average Bonchev–Trinajstić information content (AvgIpc) is 3.28. The molecule has 2 N–H and O–H groups in total. The summed E-state index contributed by atoms with van der Waals surface area (Å²) in [6.45, 7) is 1.92. The van der Waals surface area contributed by atoms with Gasteiger partial charge in [-0.25, -0.2) is 9.97 Å². The molecular weight excluding hydrogens is 444 g/mol. The van der Waals surface area contributed by atoms with Crippen LogP contribution in [0.25, 0.3) is 21.3 Å². The highest BCUT2D eigenvalue weighted by molar-refractivity contribution is 7.98. The molecule has 1 aliphatic rings. The van der Waals surface area contributed by atoms with Crippen LogP contribution in [0.15, 0.2) is 17.1 Å². The number of fused-ring (bicyclic) bond motifs is 4. The minimum Gasteiger partial charge on any atom is -0.325 e. The van der Waals surface area contributed by atoms with Crippen LogP contribution in [0, 0.1) is 6.92 Å². The number of nitrogens with zero attached hydrogens (tertiary/aromatic N) is 4. The fraction of sp³-hybridized carbons (Fsp3) is 0.409. The van der Waals surface area contributed by atoms with Gasteiger partial charge in [0.15, 0.2) is 5.65 Å². The van der Waals surface area contributed by atoms with Crippen molar-refractivity contribution in [3.63, 3.8) is 0 Å². The van der Waals surface area contributed by atoms with E-state index in [1.165, 1.54) is 16.9 Å². The van der Waals surface area contributed by atoms with Crippen LogP contribution < -0.4 is 10.9 Å². The maximum absolute atomic E-state index is 12.6. The fourth-order valence-corrected chi connectivity index (χ4v) is 6.30. The van der Waals surface area contributed by atoms with E-state index < -0.39 is 0 Å². The predicted molar refractivity (Wildman–Crippen MR) is 130 cm³/mol. The molecule has 0 bridgehead atoms. The number of amides is 1. The van der Waals surface area contributed by atoms with Gasteiger partial charge in [-0.1, -0.05) is 0 Å². The van der Waals surface area contributed by atoms with Gasteiger partial charge in [0.2, 0.25) is 5.91 Å². The SMILES string of the molecule is Cc1nn(C)c2ncc(NC(=O)CCSCc3nc4sc5c(c4c(=O)[nH]3)CCCC5)cc12. The number of hydrogen-bond acceptors (Lipinski definition) is 7. The first kappa shape index (κ1) is 21.1. The number of thioether (sulfide) groups is 1. The molecule has 0 aromatic carbocycles. The van der Waals surface area contributed by atoms with Gasteiger partial charge in [0.25, 0.3) is 5.56 Å². The van der Waals surface area contributed by atoms with E-state index in [9.17, 15) is 9.59 Å². The molecule has 32 heavy (non-hydrogen) atoms. The molecule has 5 rings (SSSR count). The molecule has 4 aromatic rings. The number of rotatable bonds is 6. The number of carbonyl (C=O) groups excluding carboxylic acids is 1. The molecule has 0 spiro atoms. The minimum atomic E-state index is -0.0666. The van der Waals surface area contributed by atoms with E-state index in [-0.39, 0.29) is 11.5 Å².